The van der Waals surface area contributed by atoms with E-state index in [1.807, 2.05) is 17.0 Å². The van der Waals surface area contributed by atoms with Crippen molar-refractivity contribution in [1.82, 2.24) is 15.0 Å². The van der Waals surface area contributed by atoms with E-state index < -0.39 is 0 Å². The van der Waals surface area contributed by atoms with Gasteiger partial charge in [-0.15, -0.1) is 0 Å². The average Bonchev–Trinajstić information content (AvgIpc) is 3.15. The summed E-state index contributed by atoms with van der Waals surface area (Å²) in [6, 6.07) is 7.18. The molecule has 6 heteroatoms. The summed E-state index contributed by atoms with van der Waals surface area (Å²) in [4.78, 5) is 19.0. The van der Waals surface area contributed by atoms with Crippen molar-refractivity contribution in [2.24, 2.45) is 5.41 Å². The monoisotopic (exact) mass is 347 g/mol. The number of halogens is 1. The maximum absolute atomic E-state index is 12.6. The molecule has 1 aromatic heterocycles. The summed E-state index contributed by atoms with van der Waals surface area (Å²) < 4.78 is 5.46. The highest BCUT2D eigenvalue weighted by molar-refractivity contribution is 6.30. The van der Waals surface area contributed by atoms with E-state index in [0.29, 0.717) is 23.2 Å². The maximum Gasteiger partial charge on any atom is 0.249 e. The fourth-order valence-corrected chi connectivity index (χ4v) is 3.09. The molecule has 1 fully saturated rings. The minimum atomic E-state index is -0.117. The van der Waals surface area contributed by atoms with Gasteiger partial charge in [-0.05, 0) is 42.5 Å². The third-order valence-electron chi connectivity index (χ3n) is 4.08. The molecule has 1 aliphatic heterocycles. The predicted molar refractivity (Wildman–Crippen MR) is 92.5 cm³/mol. The van der Waals surface area contributed by atoms with E-state index in [1.165, 1.54) is 0 Å². The number of likely N-dealkylation sites (tertiary alicyclic amines) is 1. The van der Waals surface area contributed by atoms with Gasteiger partial charge in [-0.1, -0.05) is 37.5 Å². The highest BCUT2D eigenvalue weighted by atomic mass is 35.5. The number of carbonyl (C=O) groups excluding carboxylic acids is 1. The molecule has 5 nitrogen and oxygen atoms in total. The Hall–Kier alpha value is -1.88. The Labute approximate surface area is 147 Å². The zero-order valence-corrected chi connectivity index (χ0v) is 15.0. The van der Waals surface area contributed by atoms with E-state index >= 15 is 0 Å². The highest BCUT2D eigenvalue weighted by Crippen LogP contribution is 2.34. The molecule has 1 aliphatic rings. The fraction of sp³-hybridized carbons (Fsp3) is 0.500. The number of carbonyl (C=O) groups is 1. The lowest BCUT2D eigenvalue weighted by Gasteiger charge is -2.26. The lowest BCUT2D eigenvalue weighted by Crippen LogP contribution is -2.33. The van der Waals surface area contributed by atoms with Gasteiger partial charge < -0.3 is 9.42 Å². The summed E-state index contributed by atoms with van der Waals surface area (Å²) in [7, 11) is 0. The highest BCUT2D eigenvalue weighted by Gasteiger charge is 2.35. The molecule has 0 spiro atoms. The van der Waals surface area contributed by atoms with Crippen LogP contribution in [0.2, 0.25) is 5.02 Å². The second-order valence-electron chi connectivity index (χ2n) is 7.45. The van der Waals surface area contributed by atoms with Crippen molar-refractivity contribution < 1.29 is 9.32 Å². The molecule has 2 heterocycles. The van der Waals surface area contributed by atoms with Crippen molar-refractivity contribution >= 4 is 17.5 Å². The van der Waals surface area contributed by atoms with Gasteiger partial charge in [0, 0.05) is 23.6 Å². The number of rotatable bonds is 3. The van der Waals surface area contributed by atoms with Crippen LogP contribution in [0.15, 0.2) is 28.8 Å². The smallest absolute Gasteiger partial charge is 0.249 e. The molecule has 1 atom stereocenters. The number of aromatic nitrogens is 2. The van der Waals surface area contributed by atoms with Gasteiger partial charge >= 0.3 is 0 Å². The first-order valence-corrected chi connectivity index (χ1v) is 8.60. The summed E-state index contributed by atoms with van der Waals surface area (Å²) in [5.41, 5.74) is 0.813. The minimum absolute atomic E-state index is 0.0342. The topological polar surface area (TPSA) is 59.2 Å². The first kappa shape index (κ1) is 17.0. The van der Waals surface area contributed by atoms with Gasteiger partial charge in [-0.25, -0.2) is 0 Å². The lowest BCUT2D eigenvalue weighted by molar-refractivity contribution is -0.134. The zero-order chi connectivity index (χ0) is 17.3. The predicted octanol–water partition coefficient (Wildman–Crippen LogP) is 4.49. The van der Waals surface area contributed by atoms with Crippen LogP contribution < -0.4 is 0 Å². The largest absolute Gasteiger partial charge is 0.337 e. The fourth-order valence-electron chi connectivity index (χ4n) is 2.96. The summed E-state index contributed by atoms with van der Waals surface area (Å²) >= 11 is 5.91. The lowest BCUT2D eigenvalue weighted by atomic mass is 9.91. The van der Waals surface area contributed by atoms with Gasteiger partial charge in [-0.2, -0.15) is 4.98 Å². The molecule has 1 saturated heterocycles. The summed E-state index contributed by atoms with van der Waals surface area (Å²) in [6.07, 6.45) is 2.33. The Balaban J connectivity index is 1.78. The molecule has 0 saturated carbocycles. The van der Waals surface area contributed by atoms with Gasteiger partial charge in [0.05, 0.1) is 0 Å². The van der Waals surface area contributed by atoms with Crippen molar-refractivity contribution in [2.45, 2.75) is 46.1 Å². The van der Waals surface area contributed by atoms with E-state index in [4.69, 9.17) is 16.1 Å². The Morgan fingerprint density at radius 2 is 2.04 bits per heavy atom. The molecule has 0 radical (unpaired) electrons. The van der Waals surface area contributed by atoms with Crippen LogP contribution in [-0.4, -0.2) is 27.5 Å². The Kier molecular flexibility index (Phi) is 4.63. The molecule has 2 aromatic rings. The summed E-state index contributed by atoms with van der Waals surface area (Å²) in [5.74, 6) is 1.19. The third-order valence-corrected chi connectivity index (χ3v) is 4.34. The van der Waals surface area contributed by atoms with E-state index in [0.717, 1.165) is 24.9 Å². The van der Waals surface area contributed by atoms with Gasteiger partial charge in [0.25, 0.3) is 0 Å². The molecule has 24 heavy (non-hydrogen) atoms. The third kappa shape index (κ3) is 3.78. The first-order chi connectivity index (χ1) is 11.3. The van der Waals surface area contributed by atoms with E-state index in [-0.39, 0.29) is 17.4 Å². The van der Waals surface area contributed by atoms with Crippen LogP contribution in [0, 0.1) is 5.41 Å². The van der Waals surface area contributed by atoms with Gasteiger partial charge in [0.1, 0.15) is 6.04 Å². The van der Waals surface area contributed by atoms with E-state index in [2.05, 4.69) is 30.9 Å². The molecule has 1 amide bonds. The second-order valence-corrected chi connectivity index (χ2v) is 7.88. The Bertz CT molecular complexity index is 719. The van der Waals surface area contributed by atoms with Crippen LogP contribution in [0.5, 0.6) is 0 Å². The molecular formula is C18H22ClN3O2. The van der Waals surface area contributed by atoms with Gasteiger partial charge in [-0.3, -0.25) is 4.79 Å². The van der Waals surface area contributed by atoms with Crippen LogP contribution in [-0.2, 0) is 4.79 Å². The van der Waals surface area contributed by atoms with Crippen LogP contribution in [0.4, 0.5) is 0 Å². The van der Waals surface area contributed by atoms with Gasteiger partial charge in [0.2, 0.25) is 17.6 Å². The number of nitrogens with zero attached hydrogens (tertiary/aromatic N) is 3. The molecule has 128 valence electrons. The zero-order valence-electron chi connectivity index (χ0n) is 14.3. The molecule has 0 aliphatic carbocycles. The summed E-state index contributed by atoms with van der Waals surface area (Å²) in [5, 5.41) is 4.73. The maximum atomic E-state index is 12.6. The number of amides is 1. The SMILES string of the molecule is CC(C)(C)CC(=O)N1CCCC1c1nc(-c2ccc(Cl)cc2)no1. The molecular weight excluding hydrogens is 326 g/mol. The Morgan fingerprint density at radius 3 is 2.71 bits per heavy atom. The molecule has 3 rings (SSSR count). The number of hydrogen-bond donors (Lipinski definition) is 0. The van der Waals surface area contributed by atoms with Crippen molar-refractivity contribution in [3.05, 3.63) is 35.2 Å². The van der Waals surface area contributed by atoms with E-state index in [1.54, 1.807) is 12.1 Å². The van der Waals surface area contributed by atoms with E-state index in [9.17, 15) is 4.79 Å². The van der Waals surface area contributed by atoms with Crippen LogP contribution >= 0.6 is 11.6 Å². The Morgan fingerprint density at radius 1 is 1.33 bits per heavy atom. The normalized spacial score (nSPS) is 18.2. The molecule has 0 N–H and O–H groups in total. The number of hydrogen-bond acceptors (Lipinski definition) is 4. The van der Waals surface area contributed by atoms with Crippen LogP contribution in [0.25, 0.3) is 11.4 Å². The van der Waals surface area contributed by atoms with Crippen molar-refractivity contribution in [3.8, 4) is 11.4 Å². The quantitative estimate of drug-likeness (QED) is 0.820. The standard InChI is InChI=1S/C18H22ClN3O2/c1-18(2,3)11-15(23)22-10-4-5-14(22)17-20-16(21-24-17)12-6-8-13(19)9-7-12/h6-9,14H,4-5,10-11H2,1-3H3. The average molecular weight is 348 g/mol. The first-order valence-electron chi connectivity index (χ1n) is 8.22. The van der Waals surface area contributed by atoms with Crippen molar-refractivity contribution in [1.29, 1.82) is 0 Å². The second kappa shape index (κ2) is 6.55. The van der Waals surface area contributed by atoms with Crippen LogP contribution in [0.1, 0.15) is 52.0 Å². The van der Waals surface area contributed by atoms with Crippen molar-refractivity contribution in [2.75, 3.05) is 6.54 Å². The van der Waals surface area contributed by atoms with Gasteiger partial charge in [0.15, 0.2) is 0 Å². The molecule has 1 aromatic carbocycles. The van der Waals surface area contributed by atoms with Crippen molar-refractivity contribution in [3.63, 3.8) is 0 Å². The molecule has 1 unspecified atom stereocenters. The summed E-state index contributed by atoms with van der Waals surface area (Å²) in [6.45, 7) is 6.96. The number of benzene rings is 1. The molecule has 0 bridgehead atoms. The minimum Gasteiger partial charge on any atom is -0.337 e. The van der Waals surface area contributed by atoms with Crippen LogP contribution in [0.3, 0.4) is 0 Å².